The number of hydrogen-bond acceptors (Lipinski definition) is 3. The molecule has 4 heteroatoms. The summed E-state index contributed by atoms with van der Waals surface area (Å²) in [5.41, 5.74) is 1.06. The first-order chi connectivity index (χ1) is 4.38. The minimum absolute atomic E-state index is 0.269. The fourth-order valence-corrected chi connectivity index (χ4v) is 0.808. The van der Waals surface area contributed by atoms with E-state index in [0.29, 0.717) is 0 Å². The fraction of sp³-hybridized carbons (Fsp3) is 0.600. The zero-order valence-corrected chi connectivity index (χ0v) is 5.11. The quantitative estimate of drug-likeness (QED) is 0.492. The standard InChI is InChI=1S/C5H7N3O/c1-8-4(2-6-7-8)5-3-9-5/h2,5H,3H2,1H3/t5-/m0/s1. The molecule has 0 spiro atoms. The van der Waals surface area contributed by atoms with Gasteiger partial charge in [-0.05, 0) is 0 Å². The van der Waals surface area contributed by atoms with E-state index < -0.39 is 0 Å². The zero-order chi connectivity index (χ0) is 6.27. The normalized spacial score (nSPS) is 24.3. The highest BCUT2D eigenvalue weighted by Gasteiger charge is 2.27. The van der Waals surface area contributed by atoms with Crippen molar-refractivity contribution in [1.29, 1.82) is 0 Å². The maximum atomic E-state index is 5.03. The van der Waals surface area contributed by atoms with Gasteiger partial charge in [-0.2, -0.15) is 0 Å². The van der Waals surface area contributed by atoms with Crippen LogP contribution in [0.3, 0.4) is 0 Å². The molecule has 4 nitrogen and oxygen atoms in total. The van der Waals surface area contributed by atoms with E-state index in [0.717, 1.165) is 12.3 Å². The Balaban J connectivity index is 2.35. The Bertz CT molecular complexity index is 216. The van der Waals surface area contributed by atoms with Crippen LogP contribution in [0, 0.1) is 0 Å². The molecule has 0 unspecified atom stereocenters. The van der Waals surface area contributed by atoms with E-state index in [-0.39, 0.29) is 6.10 Å². The van der Waals surface area contributed by atoms with Crippen LogP contribution < -0.4 is 0 Å². The van der Waals surface area contributed by atoms with Gasteiger partial charge in [-0.1, -0.05) is 5.21 Å². The summed E-state index contributed by atoms with van der Waals surface area (Å²) in [7, 11) is 1.87. The van der Waals surface area contributed by atoms with E-state index in [1.54, 1.807) is 10.9 Å². The van der Waals surface area contributed by atoms with Gasteiger partial charge >= 0.3 is 0 Å². The fourth-order valence-electron chi connectivity index (χ4n) is 0.808. The van der Waals surface area contributed by atoms with Crippen molar-refractivity contribution in [3.05, 3.63) is 11.9 Å². The Hall–Kier alpha value is -0.900. The Morgan fingerprint density at radius 2 is 2.67 bits per heavy atom. The minimum atomic E-state index is 0.269. The van der Waals surface area contributed by atoms with Crippen LogP contribution in [-0.2, 0) is 11.8 Å². The summed E-state index contributed by atoms with van der Waals surface area (Å²) in [6.07, 6.45) is 2.00. The van der Waals surface area contributed by atoms with Crippen LogP contribution in [0.25, 0.3) is 0 Å². The SMILES string of the molecule is Cn1nncc1[C@@H]1CO1. The Morgan fingerprint density at radius 3 is 3.11 bits per heavy atom. The average Bonchev–Trinajstić information content (AvgIpc) is 2.58. The maximum Gasteiger partial charge on any atom is 0.124 e. The first-order valence-corrected chi connectivity index (χ1v) is 2.84. The van der Waals surface area contributed by atoms with Gasteiger partial charge in [-0.3, -0.25) is 0 Å². The Morgan fingerprint density at radius 1 is 1.89 bits per heavy atom. The topological polar surface area (TPSA) is 43.2 Å². The summed E-state index contributed by atoms with van der Waals surface area (Å²) >= 11 is 0. The predicted octanol–water partition coefficient (Wildman–Crippen LogP) is -0.114. The van der Waals surface area contributed by atoms with Crippen molar-refractivity contribution in [3.63, 3.8) is 0 Å². The third-order valence-corrected chi connectivity index (χ3v) is 1.41. The largest absolute Gasteiger partial charge is 0.366 e. The first kappa shape index (κ1) is 4.93. The number of aryl methyl sites for hydroxylation is 1. The summed E-state index contributed by atoms with van der Waals surface area (Å²) in [4.78, 5) is 0. The summed E-state index contributed by atoms with van der Waals surface area (Å²) in [6, 6.07) is 0. The van der Waals surface area contributed by atoms with Crippen molar-refractivity contribution < 1.29 is 4.74 Å². The molecule has 48 valence electrons. The second-order valence-corrected chi connectivity index (χ2v) is 2.10. The molecule has 0 aromatic carbocycles. The molecule has 0 amide bonds. The molecule has 1 atom stereocenters. The van der Waals surface area contributed by atoms with Crippen molar-refractivity contribution >= 4 is 0 Å². The van der Waals surface area contributed by atoms with E-state index in [2.05, 4.69) is 10.3 Å². The molecule has 1 aromatic rings. The summed E-state index contributed by atoms with van der Waals surface area (Å²) < 4.78 is 6.77. The van der Waals surface area contributed by atoms with Crippen LogP contribution in [0.1, 0.15) is 11.8 Å². The van der Waals surface area contributed by atoms with Gasteiger partial charge in [0.2, 0.25) is 0 Å². The van der Waals surface area contributed by atoms with Gasteiger partial charge in [0, 0.05) is 7.05 Å². The zero-order valence-electron chi connectivity index (χ0n) is 5.11. The molecule has 0 radical (unpaired) electrons. The van der Waals surface area contributed by atoms with Crippen molar-refractivity contribution in [2.24, 2.45) is 7.05 Å². The molecule has 0 saturated carbocycles. The van der Waals surface area contributed by atoms with Crippen LogP contribution in [0.4, 0.5) is 0 Å². The third kappa shape index (κ3) is 0.712. The molecular weight excluding hydrogens is 118 g/mol. The lowest BCUT2D eigenvalue weighted by Crippen LogP contribution is -1.95. The van der Waals surface area contributed by atoms with E-state index >= 15 is 0 Å². The van der Waals surface area contributed by atoms with E-state index in [1.807, 2.05) is 7.05 Å². The van der Waals surface area contributed by atoms with Gasteiger partial charge in [-0.25, -0.2) is 4.68 Å². The number of epoxide rings is 1. The van der Waals surface area contributed by atoms with Crippen molar-refractivity contribution in [2.75, 3.05) is 6.61 Å². The smallest absolute Gasteiger partial charge is 0.124 e. The average molecular weight is 125 g/mol. The van der Waals surface area contributed by atoms with Gasteiger partial charge < -0.3 is 4.74 Å². The van der Waals surface area contributed by atoms with Crippen molar-refractivity contribution in [3.8, 4) is 0 Å². The van der Waals surface area contributed by atoms with Crippen molar-refractivity contribution in [1.82, 2.24) is 15.0 Å². The first-order valence-electron chi connectivity index (χ1n) is 2.84. The van der Waals surface area contributed by atoms with Gasteiger partial charge in [0.25, 0.3) is 0 Å². The lowest BCUT2D eigenvalue weighted by molar-refractivity contribution is 0.404. The van der Waals surface area contributed by atoms with Crippen LogP contribution in [0.2, 0.25) is 0 Å². The van der Waals surface area contributed by atoms with E-state index in [1.165, 1.54) is 0 Å². The van der Waals surface area contributed by atoms with Gasteiger partial charge in [0.05, 0.1) is 18.5 Å². The number of nitrogens with zero attached hydrogens (tertiary/aromatic N) is 3. The molecule has 1 saturated heterocycles. The van der Waals surface area contributed by atoms with Crippen LogP contribution in [0.15, 0.2) is 6.20 Å². The van der Waals surface area contributed by atoms with Gasteiger partial charge in [0.1, 0.15) is 6.10 Å². The number of aromatic nitrogens is 3. The molecule has 1 aliphatic heterocycles. The third-order valence-electron chi connectivity index (χ3n) is 1.41. The Kier molecular flexibility index (Phi) is 0.843. The van der Waals surface area contributed by atoms with E-state index in [9.17, 15) is 0 Å². The predicted molar refractivity (Wildman–Crippen MR) is 29.7 cm³/mol. The summed E-state index contributed by atoms with van der Waals surface area (Å²) in [5.74, 6) is 0. The van der Waals surface area contributed by atoms with Crippen LogP contribution in [0.5, 0.6) is 0 Å². The molecule has 9 heavy (non-hydrogen) atoms. The molecule has 1 aromatic heterocycles. The second kappa shape index (κ2) is 1.54. The highest BCUT2D eigenvalue weighted by atomic mass is 16.6. The molecule has 2 rings (SSSR count). The van der Waals surface area contributed by atoms with Crippen molar-refractivity contribution in [2.45, 2.75) is 6.10 Å². The molecule has 1 fully saturated rings. The highest BCUT2D eigenvalue weighted by molar-refractivity contribution is 5.03. The minimum Gasteiger partial charge on any atom is -0.366 e. The lowest BCUT2D eigenvalue weighted by Gasteiger charge is -1.90. The molecule has 0 N–H and O–H groups in total. The molecule has 1 aliphatic rings. The van der Waals surface area contributed by atoms with Crippen LogP contribution >= 0.6 is 0 Å². The summed E-state index contributed by atoms with van der Waals surface area (Å²) in [5, 5.41) is 7.48. The van der Waals surface area contributed by atoms with Gasteiger partial charge in [0.15, 0.2) is 0 Å². The summed E-state index contributed by atoms with van der Waals surface area (Å²) in [6.45, 7) is 0.821. The monoisotopic (exact) mass is 125 g/mol. The van der Waals surface area contributed by atoms with Crippen LogP contribution in [-0.4, -0.2) is 21.6 Å². The number of hydrogen-bond donors (Lipinski definition) is 0. The second-order valence-electron chi connectivity index (χ2n) is 2.10. The molecule has 0 bridgehead atoms. The Labute approximate surface area is 52.4 Å². The molecule has 0 aliphatic carbocycles. The van der Waals surface area contributed by atoms with Gasteiger partial charge in [-0.15, -0.1) is 5.10 Å². The molecule has 2 heterocycles. The lowest BCUT2D eigenvalue weighted by atomic mass is 10.4. The molecular formula is C5H7N3O. The highest BCUT2D eigenvalue weighted by Crippen LogP contribution is 2.27. The van der Waals surface area contributed by atoms with E-state index in [4.69, 9.17) is 4.74 Å². The number of rotatable bonds is 1. The number of ether oxygens (including phenoxy) is 1. The maximum absolute atomic E-state index is 5.03.